The van der Waals surface area contributed by atoms with Gasteiger partial charge in [0.2, 0.25) is 0 Å². The van der Waals surface area contributed by atoms with Crippen LogP contribution in [-0.2, 0) is 10.0 Å². The molecule has 22 heavy (non-hydrogen) atoms. The first-order valence-corrected chi connectivity index (χ1v) is 7.89. The molecule has 0 aliphatic carbocycles. The second-order valence-electron chi connectivity index (χ2n) is 4.29. The van der Waals surface area contributed by atoms with Gasteiger partial charge in [-0.2, -0.15) is 0 Å². The van der Waals surface area contributed by atoms with Crippen LogP contribution in [0.4, 0.5) is 5.69 Å². The minimum absolute atomic E-state index is 0.00115. The van der Waals surface area contributed by atoms with Gasteiger partial charge in [0.1, 0.15) is 10.6 Å². The van der Waals surface area contributed by atoms with Crippen LogP contribution in [0, 0.1) is 0 Å². The van der Waals surface area contributed by atoms with Crippen LogP contribution in [0.25, 0.3) is 0 Å². The molecule has 0 unspecified atom stereocenters. The van der Waals surface area contributed by atoms with Gasteiger partial charge in [-0.3, -0.25) is 4.72 Å². The molecule has 116 valence electrons. The molecule has 0 bridgehead atoms. The standard InChI is InChI=1S/C14H12ClNO5S/c1-21-11-5-6-13(12(15)8-11)22(19,20)16-10-4-2-3-9(7-10)14(17)18/h2-8,16H,1H3,(H,17,18). The molecule has 0 aliphatic rings. The van der Waals surface area contributed by atoms with E-state index in [0.29, 0.717) is 5.75 Å². The Hall–Kier alpha value is -2.25. The highest BCUT2D eigenvalue weighted by Gasteiger charge is 2.19. The lowest BCUT2D eigenvalue weighted by Crippen LogP contribution is -2.14. The Balaban J connectivity index is 2.36. The summed E-state index contributed by atoms with van der Waals surface area (Å²) in [6.45, 7) is 0. The zero-order chi connectivity index (χ0) is 16.3. The monoisotopic (exact) mass is 341 g/mol. The van der Waals surface area contributed by atoms with Gasteiger partial charge in [-0.1, -0.05) is 17.7 Å². The molecule has 0 fully saturated rings. The minimum Gasteiger partial charge on any atom is -0.497 e. The molecule has 2 N–H and O–H groups in total. The zero-order valence-corrected chi connectivity index (χ0v) is 13.0. The van der Waals surface area contributed by atoms with Crippen molar-refractivity contribution in [2.24, 2.45) is 0 Å². The third-order valence-corrected chi connectivity index (χ3v) is 4.65. The number of hydrogen-bond donors (Lipinski definition) is 2. The number of aromatic carboxylic acids is 1. The number of anilines is 1. The molecule has 6 nitrogen and oxygen atoms in total. The highest BCUT2D eigenvalue weighted by Crippen LogP contribution is 2.27. The second kappa shape index (κ2) is 6.25. The van der Waals surface area contributed by atoms with E-state index in [2.05, 4.69) is 4.72 Å². The lowest BCUT2D eigenvalue weighted by Gasteiger charge is -2.11. The summed E-state index contributed by atoms with van der Waals surface area (Å²) in [5.74, 6) is -0.722. The smallest absolute Gasteiger partial charge is 0.335 e. The maximum absolute atomic E-state index is 12.3. The predicted octanol–water partition coefficient (Wildman–Crippen LogP) is 2.85. The first kappa shape index (κ1) is 16.1. The van der Waals surface area contributed by atoms with Crippen LogP contribution >= 0.6 is 11.6 Å². The predicted molar refractivity (Wildman–Crippen MR) is 82.2 cm³/mol. The second-order valence-corrected chi connectivity index (χ2v) is 6.35. The average Bonchev–Trinajstić information content (AvgIpc) is 2.46. The van der Waals surface area contributed by atoms with E-state index in [9.17, 15) is 13.2 Å². The topological polar surface area (TPSA) is 92.7 Å². The van der Waals surface area contributed by atoms with Crippen molar-refractivity contribution in [1.29, 1.82) is 0 Å². The van der Waals surface area contributed by atoms with E-state index < -0.39 is 16.0 Å². The molecule has 8 heteroatoms. The molecule has 0 aromatic heterocycles. The van der Waals surface area contributed by atoms with E-state index in [0.717, 1.165) is 0 Å². The molecule has 0 radical (unpaired) electrons. The molecule has 0 saturated carbocycles. The summed E-state index contributed by atoms with van der Waals surface area (Å²) in [6, 6.07) is 9.62. The van der Waals surface area contributed by atoms with Crippen molar-refractivity contribution in [3.05, 3.63) is 53.1 Å². The number of ether oxygens (including phenoxy) is 1. The lowest BCUT2D eigenvalue weighted by molar-refractivity contribution is 0.0697. The maximum atomic E-state index is 12.3. The van der Waals surface area contributed by atoms with E-state index in [1.807, 2.05) is 0 Å². The molecule has 0 atom stereocenters. The van der Waals surface area contributed by atoms with Gasteiger partial charge in [0.15, 0.2) is 0 Å². The number of sulfonamides is 1. The van der Waals surface area contributed by atoms with E-state index in [-0.39, 0.29) is 21.2 Å². The summed E-state index contributed by atoms with van der Waals surface area (Å²) >= 11 is 5.95. The molecule has 2 rings (SSSR count). The Labute approximate surface area is 132 Å². The fourth-order valence-electron chi connectivity index (χ4n) is 1.75. The number of nitrogens with one attached hydrogen (secondary N) is 1. The van der Waals surface area contributed by atoms with Gasteiger partial charge in [-0.05, 0) is 30.3 Å². The number of halogens is 1. The van der Waals surface area contributed by atoms with Gasteiger partial charge in [0.05, 0.1) is 17.7 Å². The highest BCUT2D eigenvalue weighted by atomic mass is 35.5. The van der Waals surface area contributed by atoms with Crippen LogP contribution in [0.5, 0.6) is 5.75 Å². The Morgan fingerprint density at radius 1 is 1.23 bits per heavy atom. The molecule has 0 spiro atoms. The number of rotatable bonds is 5. The van der Waals surface area contributed by atoms with Crippen molar-refractivity contribution in [1.82, 2.24) is 0 Å². The largest absolute Gasteiger partial charge is 0.497 e. The molecule has 0 saturated heterocycles. The molecular weight excluding hydrogens is 330 g/mol. The molecule has 0 aliphatic heterocycles. The number of methoxy groups -OCH3 is 1. The van der Waals surface area contributed by atoms with Crippen molar-refractivity contribution < 1.29 is 23.1 Å². The first-order valence-electron chi connectivity index (χ1n) is 6.03. The first-order chi connectivity index (χ1) is 10.3. The fourth-order valence-corrected chi connectivity index (χ4v) is 3.34. The van der Waals surface area contributed by atoms with Gasteiger partial charge >= 0.3 is 5.97 Å². The number of carbonyl (C=O) groups is 1. The van der Waals surface area contributed by atoms with Gasteiger partial charge < -0.3 is 9.84 Å². The summed E-state index contributed by atoms with van der Waals surface area (Å²) in [4.78, 5) is 10.8. The van der Waals surface area contributed by atoms with E-state index in [1.165, 1.54) is 49.6 Å². The number of hydrogen-bond acceptors (Lipinski definition) is 4. The fraction of sp³-hybridized carbons (Fsp3) is 0.0714. The van der Waals surface area contributed by atoms with Crippen LogP contribution in [0.3, 0.4) is 0 Å². The molecule has 2 aromatic rings. The van der Waals surface area contributed by atoms with Crippen LogP contribution in [0.2, 0.25) is 5.02 Å². The molecular formula is C14H12ClNO5S. The van der Waals surface area contributed by atoms with Crippen LogP contribution in [0.1, 0.15) is 10.4 Å². The van der Waals surface area contributed by atoms with Gasteiger partial charge in [-0.15, -0.1) is 0 Å². The van der Waals surface area contributed by atoms with Gasteiger partial charge in [-0.25, -0.2) is 13.2 Å². The van der Waals surface area contributed by atoms with Gasteiger partial charge in [0.25, 0.3) is 10.0 Å². The number of benzene rings is 2. The van der Waals surface area contributed by atoms with E-state index in [1.54, 1.807) is 0 Å². The quantitative estimate of drug-likeness (QED) is 0.872. The third kappa shape index (κ3) is 3.49. The third-order valence-electron chi connectivity index (χ3n) is 2.79. The van der Waals surface area contributed by atoms with Crippen molar-refractivity contribution in [3.63, 3.8) is 0 Å². The average molecular weight is 342 g/mol. The van der Waals surface area contributed by atoms with Crippen LogP contribution < -0.4 is 9.46 Å². The summed E-state index contributed by atoms with van der Waals surface area (Å²) in [5.41, 5.74) is 0.104. The van der Waals surface area contributed by atoms with Crippen LogP contribution in [-0.4, -0.2) is 26.6 Å². The normalized spacial score (nSPS) is 11.0. The maximum Gasteiger partial charge on any atom is 0.335 e. The van der Waals surface area contributed by atoms with Crippen molar-refractivity contribution >= 4 is 33.3 Å². The lowest BCUT2D eigenvalue weighted by atomic mass is 10.2. The zero-order valence-electron chi connectivity index (χ0n) is 11.4. The SMILES string of the molecule is COc1ccc(S(=O)(=O)Nc2cccc(C(=O)O)c2)c(Cl)c1. The number of carboxylic acids is 1. The van der Waals surface area contributed by atoms with Crippen molar-refractivity contribution in [3.8, 4) is 5.75 Å². The van der Waals surface area contributed by atoms with Crippen LogP contribution in [0.15, 0.2) is 47.4 Å². The van der Waals surface area contributed by atoms with Gasteiger partial charge in [0, 0.05) is 11.8 Å². The minimum atomic E-state index is -3.94. The Morgan fingerprint density at radius 3 is 2.55 bits per heavy atom. The molecule has 0 heterocycles. The Morgan fingerprint density at radius 2 is 1.95 bits per heavy atom. The summed E-state index contributed by atoms with van der Waals surface area (Å²) in [5, 5.41) is 8.92. The highest BCUT2D eigenvalue weighted by molar-refractivity contribution is 7.92. The number of carboxylic acid groups (broad SMARTS) is 1. The summed E-state index contributed by atoms with van der Waals surface area (Å²) in [6.07, 6.45) is 0. The van der Waals surface area contributed by atoms with E-state index >= 15 is 0 Å². The van der Waals surface area contributed by atoms with Crippen molar-refractivity contribution in [2.75, 3.05) is 11.8 Å². The Bertz CT molecular complexity index is 820. The summed E-state index contributed by atoms with van der Waals surface area (Å²) in [7, 11) is -2.50. The van der Waals surface area contributed by atoms with Crippen molar-refractivity contribution in [2.45, 2.75) is 4.90 Å². The molecule has 0 amide bonds. The Kier molecular flexibility index (Phi) is 4.58. The summed E-state index contributed by atoms with van der Waals surface area (Å²) < 4.78 is 31.9. The molecule has 2 aromatic carbocycles. The van der Waals surface area contributed by atoms with E-state index in [4.69, 9.17) is 21.4 Å².